The Morgan fingerprint density at radius 2 is 1.72 bits per heavy atom. The first-order chi connectivity index (χ1) is 14.2. The summed E-state index contributed by atoms with van der Waals surface area (Å²) in [7, 11) is 0. The molecule has 0 N–H and O–H groups in total. The van der Waals surface area contributed by atoms with Crippen LogP contribution >= 0.6 is 0 Å². The van der Waals surface area contributed by atoms with E-state index in [1.165, 1.54) is 22.8 Å². The van der Waals surface area contributed by atoms with Crippen LogP contribution in [0.1, 0.15) is 42.6 Å². The third-order valence-electron chi connectivity index (χ3n) is 5.25. The van der Waals surface area contributed by atoms with E-state index in [9.17, 15) is 4.79 Å². The fraction of sp³-hybridized carbons (Fsp3) is 0.400. The molecule has 1 aliphatic rings. The molecule has 0 spiro atoms. The number of likely N-dealkylation sites (tertiary alicyclic amines) is 1. The second kappa shape index (κ2) is 10.9. The van der Waals surface area contributed by atoms with Crippen LogP contribution in [0.2, 0.25) is 0 Å². The molecule has 1 heterocycles. The second-order valence-corrected chi connectivity index (χ2v) is 7.49. The van der Waals surface area contributed by atoms with Gasteiger partial charge >= 0.3 is 5.97 Å². The van der Waals surface area contributed by atoms with Crippen molar-refractivity contribution >= 4 is 5.97 Å². The lowest BCUT2D eigenvalue weighted by molar-refractivity contribution is -0.137. The monoisotopic (exact) mass is 393 g/mol. The zero-order chi connectivity index (χ0) is 20.5. The molecule has 1 atom stereocenters. The standard InChI is InChI=1S/C25H31NO3/c1-3-28-24(27)10-7-17-26-18-15-23(16-19-26)29-25(21-8-5-4-6-9-21)22-13-11-20(2)12-14-22/h4-14,23,25H,3,15-19H2,1-2H3. The number of benzene rings is 2. The van der Waals surface area contributed by atoms with E-state index < -0.39 is 0 Å². The molecule has 0 bridgehead atoms. The first-order valence-electron chi connectivity index (χ1n) is 10.5. The highest BCUT2D eigenvalue weighted by molar-refractivity contribution is 5.81. The minimum atomic E-state index is -0.269. The largest absolute Gasteiger partial charge is 0.463 e. The lowest BCUT2D eigenvalue weighted by atomic mass is 9.99. The molecule has 2 aromatic carbocycles. The molecule has 3 rings (SSSR count). The molecule has 1 aliphatic heterocycles. The van der Waals surface area contributed by atoms with Gasteiger partial charge in [-0.3, -0.25) is 4.90 Å². The van der Waals surface area contributed by atoms with Gasteiger partial charge in [-0.15, -0.1) is 0 Å². The van der Waals surface area contributed by atoms with Crippen LogP contribution in [0.15, 0.2) is 66.7 Å². The van der Waals surface area contributed by atoms with Crippen molar-refractivity contribution < 1.29 is 14.3 Å². The Kier molecular flexibility index (Phi) is 8.03. The van der Waals surface area contributed by atoms with E-state index in [0.717, 1.165) is 32.5 Å². The number of hydrogen-bond acceptors (Lipinski definition) is 4. The number of carbonyl (C=O) groups is 1. The number of esters is 1. The third kappa shape index (κ3) is 6.55. The minimum Gasteiger partial charge on any atom is -0.463 e. The van der Waals surface area contributed by atoms with E-state index in [2.05, 4.69) is 60.4 Å². The predicted molar refractivity (Wildman–Crippen MR) is 116 cm³/mol. The van der Waals surface area contributed by atoms with E-state index >= 15 is 0 Å². The molecule has 1 fully saturated rings. The highest BCUT2D eigenvalue weighted by Crippen LogP contribution is 2.30. The van der Waals surface area contributed by atoms with Crippen LogP contribution in [-0.4, -0.2) is 43.2 Å². The second-order valence-electron chi connectivity index (χ2n) is 7.49. The molecule has 1 unspecified atom stereocenters. The highest BCUT2D eigenvalue weighted by atomic mass is 16.5. The number of piperidine rings is 1. The Morgan fingerprint density at radius 3 is 2.38 bits per heavy atom. The molecule has 0 amide bonds. The average Bonchev–Trinajstić information content (AvgIpc) is 2.75. The van der Waals surface area contributed by atoms with E-state index in [1.54, 1.807) is 0 Å². The Bertz CT molecular complexity index is 777. The molecule has 2 aromatic rings. The molecule has 0 aromatic heterocycles. The normalized spacial score (nSPS) is 16.8. The fourth-order valence-electron chi connectivity index (χ4n) is 3.63. The number of aryl methyl sites for hydroxylation is 1. The Labute approximate surface area is 174 Å². The Morgan fingerprint density at radius 1 is 1.07 bits per heavy atom. The Balaban J connectivity index is 1.57. The summed E-state index contributed by atoms with van der Waals surface area (Å²) >= 11 is 0. The van der Waals surface area contributed by atoms with Gasteiger partial charge in [0.15, 0.2) is 0 Å². The van der Waals surface area contributed by atoms with E-state index in [0.29, 0.717) is 6.61 Å². The first kappa shape index (κ1) is 21.3. The topological polar surface area (TPSA) is 38.8 Å². The van der Waals surface area contributed by atoms with Crippen LogP contribution in [-0.2, 0) is 14.3 Å². The van der Waals surface area contributed by atoms with Crippen molar-refractivity contribution in [1.82, 2.24) is 4.90 Å². The summed E-state index contributed by atoms with van der Waals surface area (Å²) in [6, 6.07) is 19.1. The van der Waals surface area contributed by atoms with Crippen molar-refractivity contribution in [3.63, 3.8) is 0 Å². The third-order valence-corrected chi connectivity index (χ3v) is 5.25. The SMILES string of the molecule is CCOC(=O)C=CCN1CCC(OC(c2ccccc2)c2ccc(C)cc2)CC1. The number of hydrogen-bond donors (Lipinski definition) is 0. The maximum absolute atomic E-state index is 11.4. The van der Waals surface area contributed by atoms with Crippen LogP contribution in [0.4, 0.5) is 0 Å². The number of rotatable bonds is 8. The quantitative estimate of drug-likeness (QED) is 0.482. The molecule has 29 heavy (non-hydrogen) atoms. The van der Waals surface area contributed by atoms with Gasteiger partial charge in [0.05, 0.1) is 12.7 Å². The van der Waals surface area contributed by atoms with Crippen LogP contribution in [0.5, 0.6) is 0 Å². The van der Waals surface area contributed by atoms with Gasteiger partial charge in [-0.25, -0.2) is 4.79 Å². The molecule has 0 saturated carbocycles. The van der Waals surface area contributed by atoms with Crippen molar-refractivity contribution in [2.75, 3.05) is 26.2 Å². The van der Waals surface area contributed by atoms with Gasteiger partial charge in [-0.2, -0.15) is 0 Å². The lowest BCUT2D eigenvalue weighted by Gasteiger charge is -2.33. The van der Waals surface area contributed by atoms with Gasteiger partial charge in [0.25, 0.3) is 0 Å². The van der Waals surface area contributed by atoms with E-state index in [4.69, 9.17) is 9.47 Å². The fourth-order valence-corrected chi connectivity index (χ4v) is 3.63. The van der Waals surface area contributed by atoms with Gasteiger partial charge in [0.2, 0.25) is 0 Å². The van der Waals surface area contributed by atoms with E-state index in [-0.39, 0.29) is 18.2 Å². The van der Waals surface area contributed by atoms with E-state index in [1.807, 2.05) is 19.1 Å². The average molecular weight is 394 g/mol. The maximum atomic E-state index is 11.4. The molecule has 4 nitrogen and oxygen atoms in total. The lowest BCUT2D eigenvalue weighted by Crippen LogP contribution is -2.37. The molecule has 1 saturated heterocycles. The van der Waals surface area contributed by atoms with Gasteiger partial charge in [-0.1, -0.05) is 66.2 Å². The summed E-state index contributed by atoms with van der Waals surface area (Å²) in [5.41, 5.74) is 3.64. The maximum Gasteiger partial charge on any atom is 0.330 e. The van der Waals surface area contributed by atoms with Crippen LogP contribution in [0.3, 0.4) is 0 Å². The van der Waals surface area contributed by atoms with Crippen LogP contribution < -0.4 is 0 Å². The van der Waals surface area contributed by atoms with Gasteiger partial charge in [-0.05, 0) is 37.8 Å². The van der Waals surface area contributed by atoms with Crippen molar-refractivity contribution in [3.8, 4) is 0 Å². The summed E-state index contributed by atoms with van der Waals surface area (Å²) in [5, 5.41) is 0. The number of ether oxygens (including phenoxy) is 2. The number of carbonyl (C=O) groups excluding carboxylic acids is 1. The summed E-state index contributed by atoms with van der Waals surface area (Å²) < 4.78 is 11.5. The van der Waals surface area contributed by atoms with Crippen LogP contribution in [0, 0.1) is 6.92 Å². The first-order valence-corrected chi connectivity index (χ1v) is 10.5. The zero-order valence-electron chi connectivity index (χ0n) is 17.4. The number of nitrogens with zero attached hydrogens (tertiary/aromatic N) is 1. The van der Waals surface area contributed by atoms with Gasteiger partial charge in [0, 0.05) is 25.7 Å². The van der Waals surface area contributed by atoms with Crippen LogP contribution in [0.25, 0.3) is 0 Å². The summed E-state index contributed by atoms with van der Waals surface area (Å²) in [4.78, 5) is 13.7. The Hall–Kier alpha value is -2.43. The van der Waals surface area contributed by atoms with Gasteiger partial charge in [0.1, 0.15) is 6.10 Å². The van der Waals surface area contributed by atoms with Gasteiger partial charge < -0.3 is 9.47 Å². The minimum absolute atomic E-state index is 0.0444. The molecule has 154 valence electrons. The molecular formula is C25H31NO3. The smallest absolute Gasteiger partial charge is 0.330 e. The summed E-state index contributed by atoms with van der Waals surface area (Å²) in [6.07, 6.45) is 5.57. The zero-order valence-corrected chi connectivity index (χ0v) is 17.4. The van der Waals surface area contributed by atoms with Crippen molar-refractivity contribution in [3.05, 3.63) is 83.4 Å². The summed E-state index contributed by atoms with van der Waals surface area (Å²) in [6.45, 7) is 7.03. The highest BCUT2D eigenvalue weighted by Gasteiger charge is 2.24. The molecular weight excluding hydrogens is 362 g/mol. The molecule has 0 radical (unpaired) electrons. The molecule has 0 aliphatic carbocycles. The van der Waals surface area contributed by atoms with Crippen molar-refractivity contribution in [2.24, 2.45) is 0 Å². The van der Waals surface area contributed by atoms with Crippen molar-refractivity contribution in [2.45, 2.75) is 38.9 Å². The predicted octanol–water partition coefficient (Wildman–Crippen LogP) is 4.68. The molecule has 4 heteroatoms. The summed E-state index contributed by atoms with van der Waals surface area (Å²) in [5.74, 6) is -0.269. The van der Waals surface area contributed by atoms with Crippen molar-refractivity contribution in [1.29, 1.82) is 0 Å².